The summed E-state index contributed by atoms with van der Waals surface area (Å²) in [5.41, 5.74) is 2.51. The van der Waals surface area contributed by atoms with Crippen LogP contribution in [-0.4, -0.2) is 37.6 Å². The second-order valence-electron chi connectivity index (χ2n) is 5.22. The Morgan fingerprint density at radius 1 is 1.50 bits per heavy atom. The van der Waals surface area contributed by atoms with E-state index in [-0.39, 0.29) is 18.4 Å². The van der Waals surface area contributed by atoms with Gasteiger partial charge in [0.15, 0.2) is 0 Å². The number of rotatable bonds is 2. The molecule has 0 fully saturated rings. The first-order chi connectivity index (χ1) is 10.5. The molecule has 0 saturated carbocycles. The fourth-order valence-electron chi connectivity index (χ4n) is 2.68. The number of nitrogens with zero attached hydrogens (tertiary/aromatic N) is 4. The van der Waals surface area contributed by atoms with Crippen LogP contribution in [0, 0.1) is 5.82 Å². The van der Waals surface area contributed by atoms with Gasteiger partial charge in [-0.25, -0.2) is 13.9 Å². The average Bonchev–Trinajstić information content (AvgIpc) is 2.89. The van der Waals surface area contributed by atoms with Gasteiger partial charge < -0.3 is 10.0 Å². The van der Waals surface area contributed by atoms with E-state index in [9.17, 15) is 9.18 Å². The van der Waals surface area contributed by atoms with Crippen LogP contribution >= 0.6 is 15.9 Å². The number of aromatic nitrogens is 3. The van der Waals surface area contributed by atoms with Crippen LogP contribution in [0.2, 0.25) is 0 Å². The van der Waals surface area contributed by atoms with Crippen molar-refractivity contribution in [2.24, 2.45) is 0 Å². The Bertz CT molecular complexity index is 734. The average molecular weight is 369 g/mol. The van der Waals surface area contributed by atoms with Crippen LogP contribution in [0.1, 0.15) is 29.9 Å². The Morgan fingerprint density at radius 3 is 2.95 bits per heavy atom. The maximum absolute atomic E-state index is 13.2. The summed E-state index contributed by atoms with van der Waals surface area (Å²) in [6.45, 7) is 2.63. The van der Waals surface area contributed by atoms with E-state index in [1.807, 2.05) is 6.92 Å². The van der Waals surface area contributed by atoms with Crippen molar-refractivity contribution in [2.75, 3.05) is 6.54 Å². The number of halogens is 2. The molecule has 0 saturated heterocycles. The third kappa shape index (κ3) is 2.58. The topological polar surface area (TPSA) is 71.2 Å². The van der Waals surface area contributed by atoms with E-state index < -0.39 is 6.09 Å². The molecule has 8 heteroatoms. The number of hydrogen-bond donors (Lipinski definition) is 1. The molecule has 1 atom stereocenters. The lowest BCUT2D eigenvalue weighted by Crippen LogP contribution is -2.35. The Balaban J connectivity index is 1.92. The molecule has 2 aromatic rings. The van der Waals surface area contributed by atoms with Gasteiger partial charge in [-0.05, 0) is 24.6 Å². The highest BCUT2D eigenvalue weighted by atomic mass is 79.9. The minimum atomic E-state index is -0.950. The number of benzene rings is 1. The van der Waals surface area contributed by atoms with E-state index in [0.29, 0.717) is 23.1 Å². The van der Waals surface area contributed by atoms with E-state index in [1.54, 1.807) is 10.7 Å². The van der Waals surface area contributed by atoms with Crippen molar-refractivity contribution < 1.29 is 14.3 Å². The van der Waals surface area contributed by atoms with Gasteiger partial charge in [0.2, 0.25) is 0 Å². The molecular weight excluding hydrogens is 355 g/mol. The fraction of sp³-hybridized carbons (Fsp3) is 0.357. The summed E-state index contributed by atoms with van der Waals surface area (Å²) in [6, 6.07) is 4.42. The van der Waals surface area contributed by atoms with Crippen LogP contribution in [0.15, 0.2) is 22.7 Å². The van der Waals surface area contributed by atoms with Crippen molar-refractivity contribution in [2.45, 2.75) is 25.9 Å². The van der Waals surface area contributed by atoms with Crippen molar-refractivity contribution in [3.63, 3.8) is 0 Å². The molecule has 3 rings (SSSR count). The molecule has 2 heterocycles. The molecule has 0 radical (unpaired) electrons. The van der Waals surface area contributed by atoms with Gasteiger partial charge in [0.25, 0.3) is 0 Å². The maximum Gasteiger partial charge on any atom is 0.407 e. The summed E-state index contributed by atoms with van der Waals surface area (Å²) in [4.78, 5) is 12.4. The lowest BCUT2D eigenvalue weighted by Gasteiger charge is -2.25. The highest BCUT2D eigenvalue weighted by molar-refractivity contribution is 9.10. The van der Waals surface area contributed by atoms with Gasteiger partial charge in [0.05, 0.1) is 18.3 Å². The molecule has 1 aromatic carbocycles. The van der Waals surface area contributed by atoms with Crippen molar-refractivity contribution >= 4 is 22.0 Å². The largest absolute Gasteiger partial charge is 0.465 e. The van der Waals surface area contributed by atoms with Crippen LogP contribution in [0.4, 0.5) is 9.18 Å². The Kier molecular flexibility index (Phi) is 3.86. The van der Waals surface area contributed by atoms with Crippen LogP contribution in [0.25, 0.3) is 0 Å². The zero-order chi connectivity index (χ0) is 15.9. The van der Waals surface area contributed by atoms with Crippen molar-refractivity contribution in [3.8, 4) is 0 Å². The Labute approximate surface area is 134 Å². The highest BCUT2D eigenvalue weighted by Gasteiger charge is 2.27. The van der Waals surface area contributed by atoms with Gasteiger partial charge in [-0.2, -0.15) is 0 Å². The lowest BCUT2D eigenvalue weighted by atomic mass is 10.1. The summed E-state index contributed by atoms with van der Waals surface area (Å²) < 4.78 is 15.7. The van der Waals surface area contributed by atoms with E-state index in [2.05, 4.69) is 26.2 Å². The van der Waals surface area contributed by atoms with Crippen molar-refractivity contribution in [3.05, 3.63) is 45.4 Å². The van der Waals surface area contributed by atoms with Gasteiger partial charge >= 0.3 is 6.09 Å². The second kappa shape index (κ2) is 5.68. The molecule has 1 aliphatic heterocycles. The monoisotopic (exact) mass is 368 g/mol. The van der Waals surface area contributed by atoms with Gasteiger partial charge in [-0.1, -0.05) is 27.2 Å². The van der Waals surface area contributed by atoms with E-state index in [1.165, 1.54) is 17.0 Å². The highest BCUT2D eigenvalue weighted by Crippen LogP contribution is 2.29. The summed E-state index contributed by atoms with van der Waals surface area (Å²) >= 11 is 3.37. The first kappa shape index (κ1) is 15.0. The molecule has 1 amide bonds. The Hall–Kier alpha value is -1.96. The number of amides is 1. The number of carbonyl (C=O) groups is 1. The third-order valence-electron chi connectivity index (χ3n) is 3.88. The van der Waals surface area contributed by atoms with E-state index >= 15 is 0 Å². The summed E-state index contributed by atoms with van der Waals surface area (Å²) in [5.74, 6) is -0.305. The zero-order valence-electron chi connectivity index (χ0n) is 11.8. The van der Waals surface area contributed by atoms with Gasteiger partial charge in [-0.3, -0.25) is 0 Å². The normalized spacial score (nSPS) is 15.5. The van der Waals surface area contributed by atoms with Crippen LogP contribution < -0.4 is 0 Å². The standard InChI is InChI=1S/C14H14BrFN4O2/c1-8(10-3-2-9(16)6-11(10)15)20-13-4-5-19(14(21)22)7-12(13)17-18-20/h2-3,6,8H,4-5,7H2,1H3,(H,21,22). The van der Waals surface area contributed by atoms with Gasteiger partial charge in [-0.15, -0.1) is 5.10 Å². The quantitative estimate of drug-likeness (QED) is 0.884. The zero-order valence-corrected chi connectivity index (χ0v) is 13.4. The van der Waals surface area contributed by atoms with Crippen molar-refractivity contribution in [1.29, 1.82) is 0 Å². The van der Waals surface area contributed by atoms with Crippen molar-refractivity contribution in [1.82, 2.24) is 19.9 Å². The minimum Gasteiger partial charge on any atom is -0.465 e. The molecule has 116 valence electrons. The first-order valence-electron chi connectivity index (χ1n) is 6.83. The minimum absolute atomic E-state index is 0.123. The predicted octanol–water partition coefficient (Wildman–Crippen LogP) is 2.83. The maximum atomic E-state index is 13.2. The lowest BCUT2D eigenvalue weighted by molar-refractivity contribution is 0.138. The first-order valence-corrected chi connectivity index (χ1v) is 7.62. The molecule has 0 aliphatic carbocycles. The SMILES string of the molecule is CC(c1ccc(F)cc1Br)n1nnc2c1CCN(C(=O)O)C2. The number of carboxylic acid groups (broad SMARTS) is 1. The molecule has 22 heavy (non-hydrogen) atoms. The second-order valence-corrected chi connectivity index (χ2v) is 6.08. The van der Waals surface area contributed by atoms with Crippen LogP contribution in [-0.2, 0) is 13.0 Å². The molecule has 6 nitrogen and oxygen atoms in total. The van der Waals surface area contributed by atoms with Gasteiger partial charge in [0, 0.05) is 17.4 Å². The third-order valence-corrected chi connectivity index (χ3v) is 4.57. The van der Waals surface area contributed by atoms with E-state index in [0.717, 1.165) is 11.3 Å². The molecule has 0 spiro atoms. The molecule has 1 aliphatic rings. The van der Waals surface area contributed by atoms with Gasteiger partial charge in [0.1, 0.15) is 11.5 Å². The molecule has 0 bridgehead atoms. The molecule has 1 N–H and O–H groups in total. The Morgan fingerprint density at radius 2 is 2.27 bits per heavy atom. The number of fused-ring (bicyclic) bond motifs is 1. The summed E-state index contributed by atoms with van der Waals surface area (Å²) in [6.07, 6.45) is -0.382. The molecular formula is C14H14BrFN4O2. The summed E-state index contributed by atoms with van der Waals surface area (Å²) in [5, 5.41) is 17.3. The molecule has 1 aromatic heterocycles. The predicted molar refractivity (Wildman–Crippen MR) is 80.1 cm³/mol. The summed E-state index contributed by atoms with van der Waals surface area (Å²) in [7, 11) is 0. The fourth-order valence-corrected chi connectivity index (χ4v) is 3.36. The smallest absolute Gasteiger partial charge is 0.407 e. The van der Waals surface area contributed by atoms with E-state index in [4.69, 9.17) is 5.11 Å². The van der Waals surface area contributed by atoms with Crippen LogP contribution in [0.3, 0.4) is 0 Å². The number of hydrogen-bond acceptors (Lipinski definition) is 3. The van der Waals surface area contributed by atoms with Crippen LogP contribution in [0.5, 0.6) is 0 Å². The molecule has 1 unspecified atom stereocenters.